The van der Waals surface area contributed by atoms with Crippen LogP contribution in [0.25, 0.3) is 0 Å². The summed E-state index contributed by atoms with van der Waals surface area (Å²) < 4.78 is 0. The number of urea groups is 1. The summed E-state index contributed by atoms with van der Waals surface area (Å²) in [5.41, 5.74) is 0. The molecule has 0 bridgehead atoms. The SMILES string of the molecule is CCCCNC(=O)NC(=O)CN1CCCN(CCO)CC1. The van der Waals surface area contributed by atoms with Crippen LogP contribution in [0.2, 0.25) is 0 Å². The van der Waals surface area contributed by atoms with Gasteiger partial charge in [0.05, 0.1) is 13.2 Å². The van der Waals surface area contributed by atoms with Crippen LogP contribution in [0.1, 0.15) is 26.2 Å². The minimum Gasteiger partial charge on any atom is -0.395 e. The first-order valence-corrected chi connectivity index (χ1v) is 7.79. The maximum atomic E-state index is 11.8. The average Bonchev–Trinajstić information content (AvgIpc) is 2.65. The largest absolute Gasteiger partial charge is 0.395 e. The van der Waals surface area contributed by atoms with Crippen molar-refractivity contribution >= 4 is 11.9 Å². The van der Waals surface area contributed by atoms with E-state index in [1.807, 2.05) is 11.8 Å². The first-order chi connectivity index (χ1) is 10.2. The van der Waals surface area contributed by atoms with Gasteiger partial charge >= 0.3 is 6.03 Å². The van der Waals surface area contributed by atoms with E-state index in [1.54, 1.807) is 0 Å². The quantitative estimate of drug-likeness (QED) is 0.558. The van der Waals surface area contributed by atoms with Crippen LogP contribution in [0.3, 0.4) is 0 Å². The predicted molar refractivity (Wildman–Crippen MR) is 81.0 cm³/mol. The molecule has 0 aromatic carbocycles. The van der Waals surface area contributed by atoms with Crippen LogP contribution < -0.4 is 10.6 Å². The lowest BCUT2D eigenvalue weighted by Gasteiger charge is -2.20. The van der Waals surface area contributed by atoms with E-state index in [2.05, 4.69) is 15.5 Å². The number of hydrogen-bond donors (Lipinski definition) is 3. The molecule has 1 aliphatic rings. The molecular formula is C14H28N4O3. The summed E-state index contributed by atoms with van der Waals surface area (Å²) in [6.45, 7) is 7.14. The van der Waals surface area contributed by atoms with Crippen LogP contribution in [0.15, 0.2) is 0 Å². The first-order valence-electron chi connectivity index (χ1n) is 7.79. The molecule has 0 unspecified atom stereocenters. The molecule has 7 nitrogen and oxygen atoms in total. The Morgan fingerprint density at radius 2 is 1.86 bits per heavy atom. The summed E-state index contributed by atoms with van der Waals surface area (Å²) in [5.74, 6) is -0.264. The minimum absolute atomic E-state index is 0.165. The van der Waals surface area contributed by atoms with Gasteiger partial charge in [0.1, 0.15) is 0 Å². The predicted octanol–water partition coefficient (Wildman–Crippen LogP) is -0.388. The molecule has 1 saturated heterocycles. The van der Waals surface area contributed by atoms with Crippen LogP contribution in [0.4, 0.5) is 4.79 Å². The monoisotopic (exact) mass is 300 g/mol. The summed E-state index contributed by atoms with van der Waals surface area (Å²) in [5, 5.41) is 14.0. The van der Waals surface area contributed by atoms with Gasteiger partial charge in [0.2, 0.25) is 5.91 Å². The Balaban J connectivity index is 2.23. The fourth-order valence-corrected chi connectivity index (χ4v) is 2.34. The number of carbonyl (C=O) groups is 2. The van der Waals surface area contributed by atoms with Gasteiger partial charge in [0, 0.05) is 26.2 Å². The summed E-state index contributed by atoms with van der Waals surface area (Å²) >= 11 is 0. The average molecular weight is 300 g/mol. The van der Waals surface area contributed by atoms with Crippen molar-refractivity contribution < 1.29 is 14.7 Å². The molecule has 0 radical (unpaired) electrons. The van der Waals surface area contributed by atoms with Crippen LogP contribution in [-0.4, -0.2) is 79.3 Å². The molecule has 7 heteroatoms. The maximum Gasteiger partial charge on any atom is 0.321 e. The summed E-state index contributed by atoms with van der Waals surface area (Å²) in [7, 11) is 0. The highest BCUT2D eigenvalue weighted by molar-refractivity contribution is 5.95. The van der Waals surface area contributed by atoms with Gasteiger partial charge in [-0.25, -0.2) is 4.79 Å². The van der Waals surface area contributed by atoms with Crippen molar-refractivity contribution in [3.8, 4) is 0 Å². The van der Waals surface area contributed by atoms with Crippen LogP contribution >= 0.6 is 0 Å². The van der Waals surface area contributed by atoms with Crippen LogP contribution in [0, 0.1) is 0 Å². The van der Waals surface area contributed by atoms with E-state index in [0.29, 0.717) is 13.1 Å². The van der Waals surface area contributed by atoms with E-state index in [1.165, 1.54) is 0 Å². The Labute approximate surface area is 126 Å². The number of nitrogens with one attached hydrogen (secondary N) is 2. The van der Waals surface area contributed by atoms with Gasteiger partial charge in [-0.1, -0.05) is 13.3 Å². The highest BCUT2D eigenvalue weighted by Crippen LogP contribution is 2.02. The smallest absolute Gasteiger partial charge is 0.321 e. The third-order valence-electron chi connectivity index (χ3n) is 3.53. The van der Waals surface area contributed by atoms with Crippen LogP contribution in [-0.2, 0) is 4.79 Å². The Morgan fingerprint density at radius 3 is 2.57 bits per heavy atom. The van der Waals surface area contributed by atoms with Gasteiger partial charge in [0.15, 0.2) is 0 Å². The number of aliphatic hydroxyl groups is 1. The molecule has 21 heavy (non-hydrogen) atoms. The van der Waals surface area contributed by atoms with Gasteiger partial charge < -0.3 is 10.4 Å². The molecule has 0 aromatic heterocycles. The number of unbranched alkanes of at least 4 members (excludes halogenated alkanes) is 1. The number of aliphatic hydroxyl groups excluding tert-OH is 1. The second kappa shape index (κ2) is 10.5. The number of carbonyl (C=O) groups excluding carboxylic acids is 2. The number of imide groups is 1. The summed E-state index contributed by atoms with van der Waals surface area (Å²) in [6, 6.07) is -0.412. The summed E-state index contributed by atoms with van der Waals surface area (Å²) in [6.07, 6.45) is 2.89. The molecule has 0 saturated carbocycles. The molecular weight excluding hydrogens is 272 g/mol. The van der Waals surface area contributed by atoms with Crippen molar-refractivity contribution in [3.05, 3.63) is 0 Å². The molecule has 3 amide bonds. The van der Waals surface area contributed by atoms with Gasteiger partial charge in [0.25, 0.3) is 0 Å². The van der Waals surface area contributed by atoms with E-state index < -0.39 is 6.03 Å². The van der Waals surface area contributed by atoms with Crippen molar-refractivity contribution in [2.45, 2.75) is 26.2 Å². The Bertz CT molecular complexity index is 325. The van der Waals surface area contributed by atoms with Crippen molar-refractivity contribution in [1.29, 1.82) is 0 Å². The zero-order valence-corrected chi connectivity index (χ0v) is 12.9. The zero-order valence-electron chi connectivity index (χ0n) is 12.9. The fraction of sp³-hybridized carbons (Fsp3) is 0.857. The second-order valence-corrected chi connectivity index (χ2v) is 5.35. The van der Waals surface area contributed by atoms with Crippen molar-refractivity contribution in [1.82, 2.24) is 20.4 Å². The molecule has 0 aromatic rings. The molecule has 1 rings (SSSR count). The number of rotatable bonds is 7. The molecule has 0 aliphatic carbocycles. The summed E-state index contributed by atoms with van der Waals surface area (Å²) in [4.78, 5) is 27.5. The Kier molecular flexibility index (Phi) is 8.96. The lowest BCUT2D eigenvalue weighted by Crippen LogP contribution is -2.45. The van der Waals surface area contributed by atoms with E-state index >= 15 is 0 Å². The molecule has 1 heterocycles. The third-order valence-corrected chi connectivity index (χ3v) is 3.53. The van der Waals surface area contributed by atoms with Gasteiger partial charge in [-0.3, -0.25) is 19.9 Å². The van der Waals surface area contributed by atoms with Crippen LogP contribution in [0.5, 0.6) is 0 Å². The van der Waals surface area contributed by atoms with Crippen molar-refractivity contribution in [2.75, 3.05) is 52.4 Å². The molecule has 122 valence electrons. The topological polar surface area (TPSA) is 84.9 Å². The Hall–Kier alpha value is -1.18. The Morgan fingerprint density at radius 1 is 1.14 bits per heavy atom. The van der Waals surface area contributed by atoms with Crippen molar-refractivity contribution in [2.24, 2.45) is 0 Å². The molecule has 0 spiro atoms. The number of nitrogens with zero attached hydrogens (tertiary/aromatic N) is 2. The normalized spacial score (nSPS) is 17.2. The fourth-order valence-electron chi connectivity index (χ4n) is 2.34. The van der Waals surface area contributed by atoms with E-state index in [-0.39, 0.29) is 19.1 Å². The molecule has 1 fully saturated rings. The zero-order chi connectivity index (χ0) is 15.5. The van der Waals surface area contributed by atoms with Gasteiger partial charge in [-0.05, 0) is 25.9 Å². The second-order valence-electron chi connectivity index (χ2n) is 5.35. The molecule has 0 atom stereocenters. The van der Waals surface area contributed by atoms with E-state index in [9.17, 15) is 9.59 Å². The highest BCUT2D eigenvalue weighted by Gasteiger charge is 2.17. The number of hydrogen-bond acceptors (Lipinski definition) is 5. The maximum absolute atomic E-state index is 11.8. The highest BCUT2D eigenvalue weighted by atomic mass is 16.3. The molecule has 1 aliphatic heterocycles. The van der Waals surface area contributed by atoms with E-state index in [4.69, 9.17) is 5.11 Å². The number of β-amino-alcohol motifs (C(OH)–C–C–N with tert-alkyl or cyclic N) is 1. The lowest BCUT2D eigenvalue weighted by atomic mass is 10.3. The standard InChI is InChI=1S/C14H28N4O3/c1-2-3-5-15-14(21)16-13(20)12-18-7-4-6-17(8-9-18)10-11-19/h19H,2-12H2,1H3,(H2,15,16,20,21). The van der Waals surface area contributed by atoms with Crippen molar-refractivity contribution in [3.63, 3.8) is 0 Å². The molecule has 3 N–H and O–H groups in total. The number of amides is 3. The lowest BCUT2D eigenvalue weighted by molar-refractivity contribution is -0.121. The third kappa shape index (κ3) is 7.99. The van der Waals surface area contributed by atoms with Gasteiger partial charge in [-0.15, -0.1) is 0 Å². The van der Waals surface area contributed by atoms with Gasteiger partial charge in [-0.2, -0.15) is 0 Å². The first kappa shape index (κ1) is 17.9. The minimum atomic E-state index is -0.412. The van der Waals surface area contributed by atoms with E-state index in [0.717, 1.165) is 45.4 Å².